The number of rotatable bonds is 5. The highest BCUT2D eigenvalue weighted by atomic mass is 16.5. The average molecular weight is 246 g/mol. The highest BCUT2D eigenvalue weighted by molar-refractivity contribution is 5.51. The Labute approximate surface area is 108 Å². The van der Waals surface area contributed by atoms with Crippen molar-refractivity contribution in [3.63, 3.8) is 0 Å². The van der Waals surface area contributed by atoms with Gasteiger partial charge in [0.05, 0.1) is 19.3 Å². The number of nitriles is 1. The van der Waals surface area contributed by atoms with Crippen molar-refractivity contribution in [2.45, 2.75) is 31.4 Å². The third-order valence-electron chi connectivity index (χ3n) is 3.24. The van der Waals surface area contributed by atoms with Gasteiger partial charge >= 0.3 is 0 Å². The second kappa shape index (κ2) is 5.28. The topological polar surface area (TPSA) is 54.3 Å². The number of nitrogens with one attached hydrogen (secondary N) is 1. The number of ether oxygens (including phenoxy) is 2. The number of anilines is 1. The third kappa shape index (κ3) is 2.57. The van der Waals surface area contributed by atoms with Crippen LogP contribution in [0.15, 0.2) is 24.3 Å². The SMILES string of the molecule is CCOC1CC(C#N)(Nc2ccc(OC)cc2)C1. The maximum absolute atomic E-state index is 9.29. The van der Waals surface area contributed by atoms with Crippen molar-refractivity contribution in [1.82, 2.24) is 0 Å². The molecule has 1 fully saturated rings. The molecule has 1 aliphatic carbocycles. The van der Waals surface area contributed by atoms with Gasteiger partial charge in [-0.1, -0.05) is 0 Å². The lowest BCUT2D eigenvalue weighted by Gasteiger charge is -2.43. The summed E-state index contributed by atoms with van der Waals surface area (Å²) < 4.78 is 10.6. The third-order valence-corrected chi connectivity index (χ3v) is 3.24. The van der Waals surface area contributed by atoms with Crippen molar-refractivity contribution in [2.75, 3.05) is 19.0 Å². The summed E-state index contributed by atoms with van der Waals surface area (Å²) in [4.78, 5) is 0. The second-order valence-electron chi connectivity index (χ2n) is 4.53. The van der Waals surface area contributed by atoms with Crippen LogP contribution >= 0.6 is 0 Å². The zero-order chi connectivity index (χ0) is 13.0. The molecule has 1 saturated carbocycles. The van der Waals surface area contributed by atoms with E-state index in [2.05, 4.69) is 11.4 Å². The fourth-order valence-electron chi connectivity index (χ4n) is 2.24. The van der Waals surface area contributed by atoms with E-state index in [0.717, 1.165) is 24.3 Å². The van der Waals surface area contributed by atoms with Crippen LogP contribution in [0.5, 0.6) is 5.75 Å². The van der Waals surface area contributed by atoms with Gasteiger partial charge in [0.25, 0.3) is 0 Å². The van der Waals surface area contributed by atoms with E-state index in [4.69, 9.17) is 9.47 Å². The molecule has 2 rings (SSSR count). The van der Waals surface area contributed by atoms with Crippen molar-refractivity contribution in [3.05, 3.63) is 24.3 Å². The molecule has 18 heavy (non-hydrogen) atoms. The van der Waals surface area contributed by atoms with Gasteiger partial charge < -0.3 is 14.8 Å². The molecule has 0 aromatic heterocycles. The van der Waals surface area contributed by atoms with Crippen LogP contribution in [0.2, 0.25) is 0 Å². The van der Waals surface area contributed by atoms with E-state index in [9.17, 15) is 5.26 Å². The first-order valence-corrected chi connectivity index (χ1v) is 6.16. The van der Waals surface area contributed by atoms with E-state index < -0.39 is 5.54 Å². The monoisotopic (exact) mass is 246 g/mol. The Kier molecular flexibility index (Phi) is 3.73. The van der Waals surface area contributed by atoms with Gasteiger partial charge in [0, 0.05) is 25.1 Å². The molecule has 1 aromatic rings. The maximum atomic E-state index is 9.29. The van der Waals surface area contributed by atoms with Gasteiger partial charge in [-0.25, -0.2) is 0 Å². The summed E-state index contributed by atoms with van der Waals surface area (Å²) in [5.74, 6) is 0.812. The van der Waals surface area contributed by atoms with Crippen molar-refractivity contribution >= 4 is 5.69 Å². The van der Waals surface area contributed by atoms with Crippen LogP contribution in [-0.4, -0.2) is 25.4 Å². The molecule has 1 N–H and O–H groups in total. The van der Waals surface area contributed by atoms with Crippen LogP contribution < -0.4 is 10.1 Å². The van der Waals surface area contributed by atoms with Gasteiger partial charge in [0.1, 0.15) is 11.3 Å². The van der Waals surface area contributed by atoms with Crippen LogP contribution in [0.3, 0.4) is 0 Å². The van der Waals surface area contributed by atoms with Crippen LogP contribution in [0, 0.1) is 11.3 Å². The van der Waals surface area contributed by atoms with Gasteiger partial charge in [-0.15, -0.1) is 0 Å². The summed E-state index contributed by atoms with van der Waals surface area (Å²) in [7, 11) is 1.64. The Morgan fingerprint density at radius 2 is 2.06 bits per heavy atom. The lowest BCUT2D eigenvalue weighted by molar-refractivity contribution is -0.0141. The molecule has 0 radical (unpaired) electrons. The molecule has 1 aromatic carbocycles. The molecule has 0 aliphatic heterocycles. The lowest BCUT2D eigenvalue weighted by Crippen LogP contribution is -2.53. The molecule has 0 heterocycles. The second-order valence-corrected chi connectivity index (χ2v) is 4.53. The molecule has 4 heteroatoms. The smallest absolute Gasteiger partial charge is 0.130 e. The summed E-state index contributed by atoms with van der Waals surface area (Å²) in [6, 6.07) is 9.97. The van der Waals surface area contributed by atoms with E-state index in [1.807, 2.05) is 31.2 Å². The number of nitrogens with zero attached hydrogens (tertiary/aromatic N) is 1. The molecular weight excluding hydrogens is 228 g/mol. The van der Waals surface area contributed by atoms with Crippen LogP contribution in [0.1, 0.15) is 19.8 Å². The Morgan fingerprint density at radius 1 is 1.39 bits per heavy atom. The van der Waals surface area contributed by atoms with Gasteiger partial charge in [0.2, 0.25) is 0 Å². The summed E-state index contributed by atoms with van der Waals surface area (Å²) in [5.41, 5.74) is 0.460. The van der Waals surface area contributed by atoms with Gasteiger partial charge in [0.15, 0.2) is 0 Å². The molecular formula is C14H18N2O2. The molecule has 0 bridgehead atoms. The molecule has 0 atom stereocenters. The number of hydrogen-bond donors (Lipinski definition) is 1. The van der Waals surface area contributed by atoms with Crippen molar-refractivity contribution < 1.29 is 9.47 Å². The largest absolute Gasteiger partial charge is 0.497 e. The van der Waals surface area contributed by atoms with Gasteiger partial charge in [-0.3, -0.25) is 0 Å². The number of methoxy groups -OCH3 is 1. The highest BCUT2D eigenvalue weighted by Crippen LogP contribution is 2.37. The molecule has 1 aliphatic rings. The van der Waals surface area contributed by atoms with Crippen molar-refractivity contribution in [3.8, 4) is 11.8 Å². The average Bonchev–Trinajstić information content (AvgIpc) is 2.37. The molecule has 0 spiro atoms. The number of benzene rings is 1. The van der Waals surface area contributed by atoms with Crippen molar-refractivity contribution in [2.24, 2.45) is 0 Å². The van der Waals surface area contributed by atoms with Gasteiger partial charge in [-0.05, 0) is 31.2 Å². The summed E-state index contributed by atoms with van der Waals surface area (Å²) in [6.45, 7) is 2.68. The Balaban J connectivity index is 1.97. The summed E-state index contributed by atoms with van der Waals surface area (Å²) in [5, 5.41) is 12.6. The van der Waals surface area contributed by atoms with E-state index in [1.54, 1.807) is 7.11 Å². The first-order valence-electron chi connectivity index (χ1n) is 6.16. The van der Waals surface area contributed by atoms with E-state index >= 15 is 0 Å². The normalized spacial score (nSPS) is 25.9. The van der Waals surface area contributed by atoms with Crippen LogP contribution in [0.4, 0.5) is 5.69 Å². The number of hydrogen-bond acceptors (Lipinski definition) is 4. The van der Waals surface area contributed by atoms with Crippen molar-refractivity contribution in [1.29, 1.82) is 5.26 Å². The molecule has 0 unspecified atom stereocenters. The zero-order valence-corrected chi connectivity index (χ0v) is 10.8. The van der Waals surface area contributed by atoms with E-state index in [-0.39, 0.29) is 6.10 Å². The van der Waals surface area contributed by atoms with Gasteiger partial charge in [-0.2, -0.15) is 5.26 Å². The summed E-state index contributed by atoms with van der Waals surface area (Å²) >= 11 is 0. The first kappa shape index (κ1) is 12.7. The fourth-order valence-corrected chi connectivity index (χ4v) is 2.24. The Bertz CT molecular complexity index is 430. The first-order chi connectivity index (χ1) is 8.71. The Hall–Kier alpha value is -1.73. The zero-order valence-electron chi connectivity index (χ0n) is 10.8. The van der Waals surface area contributed by atoms with E-state index in [1.165, 1.54) is 0 Å². The quantitative estimate of drug-likeness (QED) is 0.867. The van der Waals surface area contributed by atoms with Crippen LogP contribution in [-0.2, 0) is 4.74 Å². The predicted octanol–water partition coefficient (Wildman–Crippen LogP) is 2.57. The molecule has 96 valence electrons. The highest BCUT2D eigenvalue weighted by Gasteiger charge is 2.45. The summed E-state index contributed by atoms with van der Waals surface area (Å²) in [6.07, 6.45) is 1.69. The minimum absolute atomic E-state index is 0.209. The molecule has 0 amide bonds. The minimum Gasteiger partial charge on any atom is -0.497 e. The van der Waals surface area contributed by atoms with E-state index in [0.29, 0.717) is 6.61 Å². The molecule has 0 saturated heterocycles. The minimum atomic E-state index is -0.478. The molecule has 4 nitrogen and oxygen atoms in total. The predicted molar refractivity (Wildman–Crippen MR) is 69.6 cm³/mol. The lowest BCUT2D eigenvalue weighted by atomic mass is 9.75. The maximum Gasteiger partial charge on any atom is 0.130 e. The standard InChI is InChI=1S/C14H18N2O2/c1-3-18-13-8-14(9-13,10-15)16-11-4-6-12(17-2)7-5-11/h4-7,13,16H,3,8-9H2,1-2H3. The van der Waals surface area contributed by atoms with Crippen LogP contribution in [0.25, 0.3) is 0 Å². The Morgan fingerprint density at radius 3 is 2.56 bits per heavy atom. The fraction of sp³-hybridized carbons (Fsp3) is 0.500.